The first kappa shape index (κ1) is 10.0. The molecule has 13 heavy (non-hydrogen) atoms. The number of thiophene rings is 1. The lowest BCUT2D eigenvalue weighted by molar-refractivity contribution is 1.50. The van der Waals surface area contributed by atoms with Gasteiger partial charge in [0, 0.05) is 4.88 Å². The molecule has 0 nitrogen and oxygen atoms in total. The average molecular weight is 190 g/mol. The molecule has 0 spiro atoms. The summed E-state index contributed by atoms with van der Waals surface area (Å²) in [5.41, 5.74) is 5.79. The Morgan fingerprint density at radius 3 is 2.85 bits per heavy atom. The lowest BCUT2D eigenvalue weighted by Crippen LogP contribution is -1.72. The van der Waals surface area contributed by atoms with Gasteiger partial charge in [0.1, 0.15) is 0 Å². The van der Waals surface area contributed by atoms with E-state index in [9.17, 15) is 0 Å². The molecule has 0 bridgehead atoms. The minimum absolute atomic E-state index is 1.31. The summed E-state index contributed by atoms with van der Waals surface area (Å²) in [6.07, 6.45) is 8.14. The van der Waals surface area contributed by atoms with E-state index in [4.69, 9.17) is 0 Å². The van der Waals surface area contributed by atoms with Crippen molar-refractivity contribution in [2.24, 2.45) is 0 Å². The van der Waals surface area contributed by atoms with Gasteiger partial charge in [0.2, 0.25) is 0 Å². The van der Waals surface area contributed by atoms with Crippen LogP contribution in [0.5, 0.6) is 0 Å². The summed E-state index contributed by atoms with van der Waals surface area (Å²) in [7, 11) is 0. The van der Waals surface area contributed by atoms with Gasteiger partial charge in [-0.1, -0.05) is 26.0 Å². The molecule has 0 atom stereocenters. The van der Waals surface area contributed by atoms with Crippen molar-refractivity contribution in [2.45, 2.75) is 20.8 Å². The monoisotopic (exact) mass is 190 g/mol. The number of fused-ring (bicyclic) bond motifs is 1. The Kier molecular flexibility index (Phi) is 3.75. The molecular formula is C12H14S. The second kappa shape index (κ2) is 4.86. The van der Waals surface area contributed by atoms with Gasteiger partial charge in [-0.15, -0.1) is 17.1 Å². The van der Waals surface area contributed by atoms with E-state index in [2.05, 4.69) is 24.1 Å². The topological polar surface area (TPSA) is 0 Å². The third-order valence-corrected chi connectivity index (χ3v) is 2.79. The van der Waals surface area contributed by atoms with E-state index in [0.29, 0.717) is 0 Å². The maximum Gasteiger partial charge on any atom is 0.0422 e. The Hall–Kier alpha value is -1.04. The van der Waals surface area contributed by atoms with Crippen molar-refractivity contribution in [3.05, 3.63) is 39.3 Å². The highest BCUT2D eigenvalue weighted by atomic mass is 32.1. The first-order valence-corrected chi connectivity index (χ1v) is 5.43. The predicted octanol–water partition coefficient (Wildman–Crippen LogP) is 4.28. The first-order valence-electron chi connectivity index (χ1n) is 4.55. The summed E-state index contributed by atoms with van der Waals surface area (Å²) in [6, 6.07) is 0. The molecule has 0 fully saturated rings. The molecule has 0 N–H and O–H groups in total. The zero-order valence-electron chi connectivity index (χ0n) is 8.29. The fourth-order valence-electron chi connectivity index (χ4n) is 1.12. The maximum atomic E-state index is 3.09. The lowest BCUT2D eigenvalue weighted by atomic mass is 10.1. The quantitative estimate of drug-likeness (QED) is 0.536. The molecule has 1 heterocycles. The molecule has 1 aromatic heterocycles. The van der Waals surface area contributed by atoms with Gasteiger partial charge < -0.3 is 0 Å². The molecule has 0 unspecified atom stereocenters. The van der Waals surface area contributed by atoms with Crippen molar-refractivity contribution in [1.82, 2.24) is 0 Å². The minimum Gasteiger partial charge on any atom is -0.143 e. The Bertz CT molecular complexity index is 360. The standard InChI is InChI=1S/C10H8S.C2H6/c1-8-7-11-10-6-4-2-3-5-9(8)10;1-2/h2-3,5-7H,1H3;1-2H3. The Morgan fingerprint density at radius 2 is 2.08 bits per heavy atom. The van der Waals surface area contributed by atoms with Crippen LogP contribution < -0.4 is 0 Å². The van der Waals surface area contributed by atoms with Crippen molar-refractivity contribution in [3.63, 3.8) is 0 Å². The summed E-state index contributed by atoms with van der Waals surface area (Å²) in [4.78, 5) is 1.31. The van der Waals surface area contributed by atoms with E-state index < -0.39 is 0 Å². The smallest absolute Gasteiger partial charge is 0.0422 e. The molecule has 2 rings (SSSR count). The molecular weight excluding hydrogens is 176 g/mol. The molecule has 1 aliphatic rings. The van der Waals surface area contributed by atoms with Gasteiger partial charge in [0.25, 0.3) is 0 Å². The predicted molar refractivity (Wildman–Crippen MR) is 62.0 cm³/mol. The third kappa shape index (κ3) is 2.21. The SMILES string of the molecule is CC.Cc1csc2c1C=CC=C=C2. The fraction of sp³-hybridized carbons (Fsp3) is 0.250. The number of allylic oxidation sites excluding steroid dienone is 2. The highest BCUT2D eigenvalue weighted by molar-refractivity contribution is 7.11. The second-order valence-corrected chi connectivity index (χ2v) is 3.44. The van der Waals surface area contributed by atoms with E-state index in [0.717, 1.165) is 0 Å². The molecule has 0 saturated heterocycles. The van der Waals surface area contributed by atoms with Gasteiger partial charge >= 0.3 is 0 Å². The zero-order valence-corrected chi connectivity index (χ0v) is 9.11. The summed E-state index contributed by atoms with van der Waals surface area (Å²) in [5.74, 6) is 0. The number of aryl methyl sites for hydroxylation is 1. The number of rotatable bonds is 0. The molecule has 1 heteroatoms. The van der Waals surface area contributed by atoms with Crippen LogP contribution >= 0.6 is 11.3 Å². The minimum atomic E-state index is 1.31. The fourth-order valence-corrected chi connectivity index (χ4v) is 2.05. The third-order valence-electron chi connectivity index (χ3n) is 1.72. The van der Waals surface area contributed by atoms with Crippen LogP contribution in [0.15, 0.2) is 23.3 Å². The molecule has 68 valence electrons. The van der Waals surface area contributed by atoms with Crippen molar-refractivity contribution in [3.8, 4) is 0 Å². The maximum absolute atomic E-state index is 3.09. The van der Waals surface area contributed by atoms with Gasteiger partial charge in [-0.2, -0.15) is 0 Å². The van der Waals surface area contributed by atoms with Crippen molar-refractivity contribution in [1.29, 1.82) is 0 Å². The summed E-state index contributed by atoms with van der Waals surface area (Å²) in [5, 5.41) is 2.18. The van der Waals surface area contributed by atoms with Crippen LogP contribution in [0.3, 0.4) is 0 Å². The van der Waals surface area contributed by atoms with Gasteiger partial charge in [-0.25, -0.2) is 0 Å². The normalized spacial score (nSPS) is 11.6. The first-order chi connectivity index (χ1) is 6.38. The number of hydrogen-bond acceptors (Lipinski definition) is 1. The van der Waals surface area contributed by atoms with Gasteiger partial charge in [-0.3, -0.25) is 0 Å². The molecule has 0 aromatic carbocycles. The highest BCUT2D eigenvalue weighted by Gasteiger charge is 2.02. The Labute approximate surface area is 83.9 Å². The summed E-state index contributed by atoms with van der Waals surface area (Å²) < 4.78 is 0. The molecule has 0 aliphatic heterocycles. The van der Waals surface area contributed by atoms with E-state index in [1.54, 1.807) is 11.3 Å². The van der Waals surface area contributed by atoms with E-state index in [1.165, 1.54) is 16.0 Å². The van der Waals surface area contributed by atoms with E-state index in [-0.39, 0.29) is 0 Å². The molecule has 0 saturated carbocycles. The second-order valence-electron chi connectivity index (χ2n) is 2.53. The van der Waals surface area contributed by atoms with Crippen LogP contribution in [0.25, 0.3) is 12.2 Å². The molecule has 1 aromatic rings. The van der Waals surface area contributed by atoms with Gasteiger partial charge in [0.05, 0.1) is 0 Å². The van der Waals surface area contributed by atoms with Crippen molar-refractivity contribution >= 4 is 23.5 Å². The van der Waals surface area contributed by atoms with Crippen LogP contribution in [0.2, 0.25) is 0 Å². The highest BCUT2D eigenvalue weighted by Crippen LogP contribution is 2.25. The zero-order chi connectivity index (χ0) is 9.68. The van der Waals surface area contributed by atoms with Crippen LogP contribution in [0.1, 0.15) is 29.9 Å². The lowest BCUT2D eigenvalue weighted by Gasteiger charge is -1.90. The Morgan fingerprint density at radius 1 is 1.31 bits per heavy atom. The number of hydrogen-bond donors (Lipinski definition) is 0. The van der Waals surface area contributed by atoms with Crippen molar-refractivity contribution < 1.29 is 0 Å². The average Bonchev–Trinajstić information content (AvgIpc) is 2.44. The largest absolute Gasteiger partial charge is 0.143 e. The Balaban J connectivity index is 0.000000396. The molecule has 0 radical (unpaired) electrons. The van der Waals surface area contributed by atoms with Crippen molar-refractivity contribution in [2.75, 3.05) is 0 Å². The van der Waals surface area contributed by atoms with Crippen LogP contribution in [0.4, 0.5) is 0 Å². The summed E-state index contributed by atoms with van der Waals surface area (Å²) in [6.45, 7) is 6.14. The molecule has 0 amide bonds. The van der Waals surface area contributed by atoms with Crippen LogP contribution in [-0.4, -0.2) is 0 Å². The van der Waals surface area contributed by atoms with E-state index >= 15 is 0 Å². The van der Waals surface area contributed by atoms with Crippen LogP contribution in [-0.2, 0) is 0 Å². The summed E-state index contributed by atoms with van der Waals surface area (Å²) >= 11 is 1.78. The van der Waals surface area contributed by atoms with Gasteiger partial charge in [-0.05, 0) is 35.6 Å². The molecule has 1 aliphatic carbocycles. The van der Waals surface area contributed by atoms with Gasteiger partial charge in [0.15, 0.2) is 0 Å². The van der Waals surface area contributed by atoms with E-state index in [1.807, 2.05) is 32.1 Å². The van der Waals surface area contributed by atoms with Crippen LogP contribution in [0, 0.1) is 6.92 Å².